The van der Waals surface area contributed by atoms with Crippen molar-refractivity contribution in [3.05, 3.63) is 29.8 Å². The third kappa shape index (κ3) is 5.65. The summed E-state index contributed by atoms with van der Waals surface area (Å²) in [5, 5.41) is 5.71. The van der Waals surface area contributed by atoms with Crippen LogP contribution in [0.1, 0.15) is 24.9 Å². The highest BCUT2D eigenvalue weighted by atomic mass is 19.3. The molecule has 19 heavy (non-hydrogen) atoms. The van der Waals surface area contributed by atoms with Crippen LogP contribution in [0, 0.1) is 0 Å². The fourth-order valence-electron chi connectivity index (χ4n) is 1.57. The summed E-state index contributed by atoms with van der Waals surface area (Å²) in [5.41, 5.74) is 0.833. The molecule has 0 bridgehead atoms. The van der Waals surface area contributed by atoms with Gasteiger partial charge in [-0.25, -0.2) is 0 Å². The second kappa shape index (κ2) is 7.68. The molecule has 0 fully saturated rings. The molecule has 1 rings (SSSR count). The molecular weight excluding hydrogens is 254 g/mol. The highest BCUT2D eigenvalue weighted by Crippen LogP contribution is 2.19. The van der Waals surface area contributed by atoms with E-state index in [0.29, 0.717) is 13.0 Å². The molecule has 2 N–H and O–H groups in total. The quantitative estimate of drug-likeness (QED) is 0.799. The number of rotatable bonds is 7. The molecular formula is C13H18F2N2O2. The van der Waals surface area contributed by atoms with Crippen LogP contribution in [0.15, 0.2) is 24.3 Å². The standard InChI is InChI=1S/C13H18F2N2O2/c1-9(17-12(18)7-8-16-2)10-3-5-11(6-4-10)19-13(14)15/h3-6,9,13,16H,7-8H2,1-2H3,(H,17,18). The van der Waals surface area contributed by atoms with Gasteiger partial charge in [0.15, 0.2) is 0 Å². The number of nitrogens with one attached hydrogen (secondary N) is 2. The predicted octanol–water partition coefficient (Wildman–Crippen LogP) is 2.07. The minimum Gasteiger partial charge on any atom is -0.435 e. The number of carbonyl (C=O) groups excluding carboxylic acids is 1. The van der Waals surface area contributed by atoms with Gasteiger partial charge in [-0.1, -0.05) is 12.1 Å². The Labute approximate surface area is 111 Å². The lowest BCUT2D eigenvalue weighted by Gasteiger charge is -2.15. The molecule has 4 nitrogen and oxygen atoms in total. The Morgan fingerprint density at radius 1 is 1.32 bits per heavy atom. The van der Waals surface area contributed by atoms with E-state index in [1.54, 1.807) is 19.2 Å². The molecule has 0 heterocycles. The molecule has 0 aliphatic heterocycles. The van der Waals surface area contributed by atoms with Crippen molar-refractivity contribution in [2.75, 3.05) is 13.6 Å². The average molecular weight is 272 g/mol. The van der Waals surface area contributed by atoms with Gasteiger partial charge in [0.25, 0.3) is 0 Å². The Kier molecular flexibility index (Phi) is 6.21. The molecule has 1 atom stereocenters. The Morgan fingerprint density at radius 2 is 1.95 bits per heavy atom. The van der Waals surface area contributed by atoms with Crippen LogP contribution in [0.4, 0.5) is 8.78 Å². The van der Waals surface area contributed by atoms with Gasteiger partial charge in [-0.05, 0) is 31.7 Å². The van der Waals surface area contributed by atoms with Crippen LogP contribution in [0.5, 0.6) is 5.75 Å². The van der Waals surface area contributed by atoms with E-state index in [-0.39, 0.29) is 17.7 Å². The Balaban J connectivity index is 2.52. The largest absolute Gasteiger partial charge is 0.435 e. The van der Waals surface area contributed by atoms with Crippen LogP contribution >= 0.6 is 0 Å². The summed E-state index contributed by atoms with van der Waals surface area (Å²) in [5.74, 6) is 0.0437. The molecule has 1 unspecified atom stereocenters. The van der Waals surface area contributed by atoms with E-state index >= 15 is 0 Å². The highest BCUT2D eigenvalue weighted by molar-refractivity contribution is 5.76. The SMILES string of the molecule is CNCCC(=O)NC(C)c1ccc(OC(F)F)cc1. The van der Waals surface area contributed by atoms with Crippen LogP contribution in [0.25, 0.3) is 0 Å². The molecule has 1 aromatic rings. The molecule has 0 spiro atoms. The van der Waals surface area contributed by atoms with E-state index in [0.717, 1.165) is 5.56 Å². The average Bonchev–Trinajstić information content (AvgIpc) is 2.36. The van der Waals surface area contributed by atoms with Gasteiger partial charge in [0, 0.05) is 13.0 Å². The van der Waals surface area contributed by atoms with Crippen LogP contribution in [0.3, 0.4) is 0 Å². The van der Waals surface area contributed by atoms with Gasteiger partial charge in [0.1, 0.15) is 5.75 Å². The minimum absolute atomic E-state index is 0.0604. The molecule has 0 radical (unpaired) electrons. The van der Waals surface area contributed by atoms with E-state index in [9.17, 15) is 13.6 Å². The maximum absolute atomic E-state index is 12.0. The zero-order valence-corrected chi connectivity index (χ0v) is 11.0. The maximum Gasteiger partial charge on any atom is 0.387 e. The molecule has 6 heteroatoms. The molecule has 1 aromatic carbocycles. The van der Waals surface area contributed by atoms with Crippen molar-refractivity contribution in [2.45, 2.75) is 26.0 Å². The lowest BCUT2D eigenvalue weighted by molar-refractivity contribution is -0.121. The first-order valence-electron chi connectivity index (χ1n) is 6.01. The number of hydrogen-bond donors (Lipinski definition) is 2. The number of ether oxygens (including phenoxy) is 1. The highest BCUT2D eigenvalue weighted by Gasteiger charge is 2.10. The number of amides is 1. The zero-order chi connectivity index (χ0) is 14.3. The first-order valence-corrected chi connectivity index (χ1v) is 6.01. The summed E-state index contributed by atoms with van der Waals surface area (Å²) in [6, 6.07) is 6.04. The lowest BCUT2D eigenvalue weighted by atomic mass is 10.1. The number of benzene rings is 1. The summed E-state index contributed by atoms with van der Waals surface area (Å²) in [4.78, 5) is 11.5. The maximum atomic E-state index is 12.0. The van der Waals surface area contributed by atoms with Crippen molar-refractivity contribution < 1.29 is 18.3 Å². The van der Waals surface area contributed by atoms with E-state index < -0.39 is 6.61 Å². The van der Waals surface area contributed by atoms with Gasteiger partial charge in [0.05, 0.1) is 6.04 Å². The predicted molar refractivity (Wildman–Crippen MR) is 68.2 cm³/mol. The minimum atomic E-state index is -2.83. The second-order valence-corrected chi connectivity index (χ2v) is 4.09. The molecule has 0 aromatic heterocycles. The van der Waals surface area contributed by atoms with Crippen molar-refractivity contribution in [3.63, 3.8) is 0 Å². The fourth-order valence-corrected chi connectivity index (χ4v) is 1.57. The van der Waals surface area contributed by atoms with Crippen molar-refractivity contribution in [2.24, 2.45) is 0 Å². The van der Waals surface area contributed by atoms with Crippen molar-refractivity contribution in [1.29, 1.82) is 0 Å². The number of carbonyl (C=O) groups is 1. The smallest absolute Gasteiger partial charge is 0.387 e. The van der Waals surface area contributed by atoms with Gasteiger partial charge < -0.3 is 15.4 Å². The number of alkyl halides is 2. The van der Waals surface area contributed by atoms with Crippen LogP contribution < -0.4 is 15.4 Å². The fraction of sp³-hybridized carbons (Fsp3) is 0.462. The molecule has 106 valence electrons. The summed E-state index contributed by atoms with van der Waals surface area (Å²) in [6.07, 6.45) is 0.396. The van der Waals surface area contributed by atoms with Crippen molar-refractivity contribution >= 4 is 5.91 Å². The van der Waals surface area contributed by atoms with Crippen LogP contribution in [-0.2, 0) is 4.79 Å². The molecule has 1 amide bonds. The van der Waals surface area contributed by atoms with E-state index in [2.05, 4.69) is 15.4 Å². The molecule has 0 saturated heterocycles. The van der Waals surface area contributed by atoms with Gasteiger partial charge in [-0.15, -0.1) is 0 Å². The number of hydrogen-bond acceptors (Lipinski definition) is 3. The lowest BCUT2D eigenvalue weighted by Crippen LogP contribution is -2.29. The third-order valence-electron chi connectivity index (χ3n) is 2.58. The summed E-state index contributed by atoms with van der Waals surface area (Å²) < 4.78 is 28.2. The first-order chi connectivity index (χ1) is 9.02. The molecule has 0 saturated carbocycles. The second-order valence-electron chi connectivity index (χ2n) is 4.09. The van der Waals surface area contributed by atoms with E-state index in [4.69, 9.17) is 0 Å². The monoisotopic (exact) mass is 272 g/mol. The van der Waals surface area contributed by atoms with E-state index in [1.807, 2.05) is 6.92 Å². The summed E-state index contributed by atoms with van der Waals surface area (Å²) in [7, 11) is 1.78. The van der Waals surface area contributed by atoms with Crippen molar-refractivity contribution in [1.82, 2.24) is 10.6 Å². The Bertz CT molecular complexity index is 396. The normalized spacial score (nSPS) is 12.3. The zero-order valence-electron chi connectivity index (χ0n) is 11.0. The van der Waals surface area contributed by atoms with Gasteiger partial charge >= 0.3 is 6.61 Å². The van der Waals surface area contributed by atoms with Crippen molar-refractivity contribution in [3.8, 4) is 5.75 Å². The van der Waals surface area contributed by atoms with Gasteiger partial charge in [-0.3, -0.25) is 4.79 Å². The van der Waals surface area contributed by atoms with Gasteiger partial charge in [0.2, 0.25) is 5.91 Å². The Morgan fingerprint density at radius 3 is 2.47 bits per heavy atom. The molecule has 0 aliphatic rings. The third-order valence-corrected chi connectivity index (χ3v) is 2.58. The van der Waals surface area contributed by atoms with Crippen LogP contribution in [0.2, 0.25) is 0 Å². The van der Waals surface area contributed by atoms with Crippen LogP contribution in [-0.4, -0.2) is 26.1 Å². The Hall–Kier alpha value is -1.69. The van der Waals surface area contributed by atoms with Gasteiger partial charge in [-0.2, -0.15) is 8.78 Å². The first kappa shape index (κ1) is 15.4. The summed E-state index contributed by atoms with van der Waals surface area (Å²) >= 11 is 0. The van der Waals surface area contributed by atoms with E-state index in [1.165, 1.54) is 12.1 Å². The molecule has 0 aliphatic carbocycles. The summed E-state index contributed by atoms with van der Waals surface area (Å²) in [6.45, 7) is -0.385. The topological polar surface area (TPSA) is 50.4 Å². The number of halogens is 2.